The lowest BCUT2D eigenvalue weighted by Gasteiger charge is -2.60. The Hall–Kier alpha value is -3.67. The molecule has 6 heteroatoms. The number of carbonyl (C=O) groups excluding carboxylic acids is 2. The lowest BCUT2D eigenvalue weighted by atomic mass is 9.40. The van der Waals surface area contributed by atoms with E-state index in [9.17, 15) is 19.8 Å². The number of carbonyl (C=O) groups is 2. The molecule has 0 amide bonds. The summed E-state index contributed by atoms with van der Waals surface area (Å²) in [7, 11) is 0. The van der Waals surface area contributed by atoms with Gasteiger partial charge in [-0.3, -0.25) is 14.4 Å². The lowest BCUT2D eigenvalue weighted by Crippen LogP contribution is -2.68. The van der Waals surface area contributed by atoms with Gasteiger partial charge in [0.2, 0.25) is 5.43 Å². The smallest absolute Gasteiger partial charge is 0.204 e. The van der Waals surface area contributed by atoms with E-state index in [1.54, 1.807) is 0 Å². The minimum absolute atomic E-state index is 0.00108. The molecule has 1 fully saturated rings. The van der Waals surface area contributed by atoms with Crippen LogP contribution < -0.4 is 5.43 Å². The molecule has 2 N–H and O–H groups in total. The number of aromatic hydroxyl groups is 2. The fourth-order valence-electron chi connectivity index (χ4n) is 7.24. The molecule has 2 aromatic rings. The summed E-state index contributed by atoms with van der Waals surface area (Å²) in [4.78, 5) is 44.1. The maximum atomic E-state index is 15.2. The first-order valence-corrected chi connectivity index (χ1v) is 15.7. The van der Waals surface area contributed by atoms with Crippen molar-refractivity contribution in [2.75, 3.05) is 0 Å². The Morgan fingerprint density at radius 2 is 1.45 bits per heavy atom. The van der Waals surface area contributed by atoms with E-state index < -0.39 is 39.0 Å². The van der Waals surface area contributed by atoms with Crippen molar-refractivity contribution in [1.82, 2.24) is 0 Å². The third-order valence-corrected chi connectivity index (χ3v) is 10.1. The van der Waals surface area contributed by atoms with E-state index in [0.717, 1.165) is 30.1 Å². The van der Waals surface area contributed by atoms with Gasteiger partial charge in [0, 0.05) is 6.07 Å². The van der Waals surface area contributed by atoms with Crippen LogP contribution >= 0.6 is 0 Å². The molecule has 1 heterocycles. The molecule has 3 atom stereocenters. The molecular weight excluding hydrogens is 552 g/mol. The van der Waals surface area contributed by atoms with Gasteiger partial charge in [-0.15, -0.1) is 0 Å². The summed E-state index contributed by atoms with van der Waals surface area (Å²) < 4.78 is 6.44. The van der Waals surface area contributed by atoms with Crippen molar-refractivity contribution in [1.29, 1.82) is 0 Å². The van der Waals surface area contributed by atoms with Crippen molar-refractivity contribution < 1.29 is 24.2 Å². The molecule has 6 nitrogen and oxygen atoms in total. The van der Waals surface area contributed by atoms with E-state index in [-0.39, 0.29) is 46.8 Å². The Kier molecular flexibility index (Phi) is 9.08. The number of benzene rings is 1. The molecule has 1 saturated carbocycles. The molecule has 236 valence electrons. The largest absolute Gasteiger partial charge is 0.504 e. The number of hydrogen-bond donors (Lipinski definition) is 2. The van der Waals surface area contributed by atoms with Gasteiger partial charge in [0.15, 0.2) is 23.1 Å². The molecule has 0 spiro atoms. The topological polar surface area (TPSA) is 105 Å². The van der Waals surface area contributed by atoms with E-state index in [1.165, 1.54) is 17.2 Å². The van der Waals surface area contributed by atoms with Crippen LogP contribution in [0.15, 0.2) is 67.9 Å². The Bertz CT molecular complexity index is 1680. The van der Waals surface area contributed by atoms with Gasteiger partial charge in [0.25, 0.3) is 0 Å². The summed E-state index contributed by atoms with van der Waals surface area (Å²) in [5, 5.41) is 20.5. The summed E-state index contributed by atoms with van der Waals surface area (Å²) in [6.07, 6.45) is 11.8. The fourth-order valence-corrected chi connectivity index (χ4v) is 7.24. The van der Waals surface area contributed by atoms with Crippen LogP contribution in [0, 0.1) is 16.7 Å². The number of phenols is 2. The molecule has 2 aliphatic carbocycles. The summed E-state index contributed by atoms with van der Waals surface area (Å²) in [5.41, 5.74) is 0.452. The zero-order chi connectivity index (χ0) is 32.8. The van der Waals surface area contributed by atoms with Gasteiger partial charge in [-0.1, -0.05) is 60.4 Å². The van der Waals surface area contributed by atoms with E-state index in [2.05, 4.69) is 46.8 Å². The van der Waals surface area contributed by atoms with E-state index in [4.69, 9.17) is 4.42 Å². The van der Waals surface area contributed by atoms with Crippen molar-refractivity contribution in [3.8, 4) is 11.5 Å². The summed E-state index contributed by atoms with van der Waals surface area (Å²) >= 11 is 0. The molecule has 1 aromatic heterocycles. The monoisotopic (exact) mass is 600 g/mol. The zero-order valence-corrected chi connectivity index (χ0v) is 27.8. The van der Waals surface area contributed by atoms with Crippen molar-refractivity contribution in [3.63, 3.8) is 0 Å². The predicted octanol–water partition coefficient (Wildman–Crippen LogP) is 9.04. The van der Waals surface area contributed by atoms with Crippen LogP contribution in [0.2, 0.25) is 0 Å². The third kappa shape index (κ3) is 5.41. The quantitative estimate of drug-likeness (QED) is 0.169. The maximum absolute atomic E-state index is 15.2. The fraction of sp³-hybridized carbons (Fsp3) is 0.500. The van der Waals surface area contributed by atoms with Gasteiger partial charge in [-0.05, 0) is 104 Å². The van der Waals surface area contributed by atoms with Crippen LogP contribution in [-0.4, -0.2) is 21.8 Å². The van der Waals surface area contributed by atoms with Crippen molar-refractivity contribution in [2.24, 2.45) is 16.7 Å². The first-order chi connectivity index (χ1) is 20.5. The van der Waals surface area contributed by atoms with Gasteiger partial charge in [-0.25, -0.2) is 0 Å². The maximum Gasteiger partial charge on any atom is 0.204 e. The van der Waals surface area contributed by atoms with Gasteiger partial charge in [0.1, 0.15) is 16.9 Å². The first kappa shape index (κ1) is 33.2. The van der Waals surface area contributed by atoms with E-state index in [0.29, 0.717) is 12.8 Å². The third-order valence-electron chi connectivity index (χ3n) is 10.1. The van der Waals surface area contributed by atoms with Gasteiger partial charge >= 0.3 is 0 Å². The average Bonchev–Trinajstić information content (AvgIpc) is 2.92. The van der Waals surface area contributed by atoms with E-state index in [1.807, 2.05) is 39.8 Å². The van der Waals surface area contributed by atoms with Gasteiger partial charge < -0.3 is 14.6 Å². The highest BCUT2D eigenvalue weighted by Crippen LogP contribution is 2.65. The number of Topliss-reactive ketones (excluding diaryl/α,β-unsaturated/α-hetero) is 2. The summed E-state index contributed by atoms with van der Waals surface area (Å²) in [5.74, 6) is -1.61. The highest BCUT2D eigenvalue weighted by atomic mass is 16.3. The van der Waals surface area contributed by atoms with Crippen LogP contribution in [0.5, 0.6) is 11.5 Å². The predicted molar refractivity (Wildman–Crippen MR) is 176 cm³/mol. The first-order valence-electron chi connectivity index (χ1n) is 15.7. The Morgan fingerprint density at radius 3 is 2.07 bits per heavy atom. The number of ketones is 2. The van der Waals surface area contributed by atoms with Crippen LogP contribution in [0.25, 0.3) is 11.0 Å². The number of phenolic OH excluding ortho intramolecular Hbond substituents is 2. The average molecular weight is 601 g/mol. The summed E-state index contributed by atoms with van der Waals surface area (Å²) in [6, 6.07) is 2.32. The van der Waals surface area contributed by atoms with Crippen molar-refractivity contribution in [2.45, 2.75) is 106 Å². The minimum Gasteiger partial charge on any atom is -0.504 e. The van der Waals surface area contributed by atoms with Crippen LogP contribution in [0.4, 0.5) is 0 Å². The molecule has 1 aromatic carbocycles. The lowest BCUT2D eigenvalue weighted by molar-refractivity contribution is -0.151. The van der Waals surface area contributed by atoms with Gasteiger partial charge in [0.05, 0.1) is 16.2 Å². The molecule has 4 rings (SSSR count). The van der Waals surface area contributed by atoms with Crippen molar-refractivity contribution in [3.05, 3.63) is 80.3 Å². The molecule has 0 radical (unpaired) electrons. The normalized spacial score (nSPS) is 24.1. The number of hydrogen-bond acceptors (Lipinski definition) is 6. The molecule has 2 aliphatic rings. The Balaban J connectivity index is 2.06. The molecule has 0 unspecified atom stereocenters. The van der Waals surface area contributed by atoms with Crippen LogP contribution in [0.3, 0.4) is 0 Å². The zero-order valence-electron chi connectivity index (χ0n) is 27.8. The second kappa shape index (κ2) is 12.0. The molecule has 0 saturated heterocycles. The SMILES string of the molecule is CC(C)=CCC/C(C)=C/C[C@H]1C[C@@]2(CC=C(C)C)C(=O)c3c(oc4cc(O)c(O)cc4c3=O)[C@](CC=C(C)C)(C2=O)C1(C)C. The number of rotatable bonds is 9. The standard InChI is InChI=1S/C38H48O6/c1-22(2)11-10-12-25(7)13-14-26-21-37(17-15-23(3)4)33(42)31-32(41)27-19-28(39)29(40)20-30(27)44-34(31)38(35(37)43,36(26,8)9)18-16-24(5)6/h11,13,15-16,19-20,26,39-40H,10,12,14,17-18,21H2,1-9H3/b25-13+/t26-,37-,38+/m0/s1. The highest BCUT2D eigenvalue weighted by molar-refractivity contribution is 6.23. The molecule has 2 bridgehead atoms. The Morgan fingerprint density at radius 1 is 0.864 bits per heavy atom. The van der Waals surface area contributed by atoms with Crippen molar-refractivity contribution >= 4 is 22.5 Å². The van der Waals surface area contributed by atoms with Crippen LogP contribution in [0.1, 0.15) is 117 Å². The minimum atomic E-state index is -1.43. The molecular formula is C38H48O6. The van der Waals surface area contributed by atoms with Gasteiger partial charge in [-0.2, -0.15) is 0 Å². The highest BCUT2D eigenvalue weighted by Gasteiger charge is 2.72. The van der Waals surface area contributed by atoms with E-state index >= 15 is 4.79 Å². The second-order valence-electron chi connectivity index (χ2n) is 14.3. The van der Waals surface area contributed by atoms with Crippen LogP contribution in [-0.2, 0) is 10.2 Å². The second-order valence-corrected chi connectivity index (χ2v) is 14.3. The molecule has 0 aliphatic heterocycles. The molecule has 44 heavy (non-hydrogen) atoms. The summed E-state index contributed by atoms with van der Waals surface area (Å²) in [6.45, 7) is 18.3. The number of allylic oxidation sites excluding steroid dienone is 8. The number of fused-ring (bicyclic) bond motifs is 5. The Labute approximate surface area is 261 Å².